The Balaban J connectivity index is 2.63. The summed E-state index contributed by atoms with van der Waals surface area (Å²) in [4.78, 5) is 11.5. The van der Waals surface area contributed by atoms with Crippen molar-refractivity contribution in [1.29, 1.82) is 0 Å². The van der Waals surface area contributed by atoms with Crippen LogP contribution in [-0.4, -0.2) is 18.0 Å². The fraction of sp³-hybridized carbons (Fsp3) is 0.909. The molecule has 1 aliphatic rings. The van der Waals surface area contributed by atoms with Gasteiger partial charge in [-0.3, -0.25) is 4.79 Å². The van der Waals surface area contributed by atoms with Gasteiger partial charge in [-0.2, -0.15) is 0 Å². The van der Waals surface area contributed by atoms with Crippen molar-refractivity contribution < 1.29 is 9.53 Å². The number of rotatable bonds is 4. The van der Waals surface area contributed by atoms with Gasteiger partial charge in [0.05, 0.1) is 17.6 Å². The fourth-order valence-corrected chi connectivity index (χ4v) is 2.22. The van der Waals surface area contributed by atoms with Crippen LogP contribution in [0.25, 0.3) is 0 Å². The first-order chi connectivity index (χ1) is 6.06. The summed E-state index contributed by atoms with van der Waals surface area (Å²) in [6.07, 6.45) is 2.87. The summed E-state index contributed by atoms with van der Waals surface area (Å²) < 4.78 is 5.73. The number of ketones is 1. The molecule has 0 heterocycles. The predicted octanol–water partition coefficient (Wildman–Crippen LogP) is 2.56. The number of ether oxygens (including phenoxy) is 1. The molecule has 0 amide bonds. The van der Waals surface area contributed by atoms with Crippen molar-refractivity contribution in [2.24, 2.45) is 5.41 Å². The maximum Gasteiger partial charge on any atom is 0.144 e. The molecule has 0 aliphatic heterocycles. The first-order valence-electron chi connectivity index (χ1n) is 5.25. The quantitative estimate of drug-likeness (QED) is 0.671. The van der Waals surface area contributed by atoms with E-state index in [-0.39, 0.29) is 17.6 Å². The van der Waals surface area contributed by atoms with Crippen molar-refractivity contribution in [2.75, 3.05) is 0 Å². The van der Waals surface area contributed by atoms with Crippen LogP contribution < -0.4 is 0 Å². The van der Waals surface area contributed by atoms with Gasteiger partial charge >= 0.3 is 0 Å². The van der Waals surface area contributed by atoms with Crippen LogP contribution >= 0.6 is 0 Å². The highest BCUT2D eigenvalue weighted by Crippen LogP contribution is 2.45. The van der Waals surface area contributed by atoms with Crippen molar-refractivity contribution in [2.45, 2.75) is 59.2 Å². The minimum absolute atomic E-state index is 0.149. The molecule has 0 aromatic rings. The summed E-state index contributed by atoms with van der Waals surface area (Å²) in [6.45, 7) is 8.21. The second-order valence-electron chi connectivity index (χ2n) is 4.16. The molecule has 0 bridgehead atoms. The summed E-state index contributed by atoms with van der Waals surface area (Å²) >= 11 is 0. The van der Waals surface area contributed by atoms with Crippen molar-refractivity contribution >= 4 is 5.78 Å². The monoisotopic (exact) mass is 184 g/mol. The van der Waals surface area contributed by atoms with Crippen LogP contribution in [-0.2, 0) is 9.53 Å². The molecule has 0 N–H and O–H groups in total. The molecule has 2 heteroatoms. The van der Waals surface area contributed by atoms with Crippen LogP contribution in [0.1, 0.15) is 47.0 Å². The lowest BCUT2D eigenvalue weighted by molar-refractivity contribution is -0.170. The van der Waals surface area contributed by atoms with Gasteiger partial charge in [0.25, 0.3) is 0 Å². The molecule has 13 heavy (non-hydrogen) atoms. The highest BCUT2D eigenvalue weighted by atomic mass is 16.5. The molecule has 0 radical (unpaired) electrons. The van der Waals surface area contributed by atoms with Crippen LogP contribution in [0.15, 0.2) is 0 Å². The van der Waals surface area contributed by atoms with E-state index in [2.05, 4.69) is 13.8 Å². The number of hydrogen-bond donors (Lipinski definition) is 0. The van der Waals surface area contributed by atoms with E-state index < -0.39 is 0 Å². The minimum Gasteiger partial charge on any atom is -0.374 e. The lowest BCUT2D eigenvalue weighted by Crippen LogP contribution is -2.55. The Morgan fingerprint density at radius 3 is 2.31 bits per heavy atom. The van der Waals surface area contributed by atoms with E-state index in [1.165, 1.54) is 0 Å². The topological polar surface area (TPSA) is 26.3 Å². The molecule has 2 nitrogen and oxygen atoms in total. The van der Waals surface area contributed by atoms with Gasteiger partial charge in [0.1, 0.15) is 5.78 Å². The minimum atomic E-state index is -0.149. The van der Waals surface area contributed by atoms with E-state index in [9.17, 15) is 4.79 Å². The Bertz CT molecular complexity index is 192. The van der Waals surface area contributed by atoms with E-state index in [4.69, 9.17) is 4.74 Å². The predicted molar refractivity (Wildman–Crippen MR) is 52.6 cm³/mol. The van der Waals surface area contributed by atoms with Crippen molar-refractivity contribution in [3.8, 4) is 0 Å². The van der Waals surface area contributed by atoms with Gasteiger partial charge in [0.2, 0.25) is 0 Å². The molecule has 1 saturated carbocycles. The standard InChI is InChI=1S/C11H20O2/c1-5-11(6-2)9(12)7-10(11)13-8(3)4/h8,10H,5-7H2,1-4H3. The number of Topliss-reactive ketones (excluding diaryl/α,β-unsaturated/α-hetero) is 1. The molecule has 1 rings (SSSR count). The van der Waals surface area contributed by atoms with E-state index in [1.54, 1.807) is 0 Å². The smallest absolute Gasteiger partial charge is 0.144 e. The molecule has 0 saturated heterocycles. The van der Waals surface area contributed by atoms with Crippen LogP contribution in [0.3, 0.4) is 0 Å². The Kier molecular flexibility index (Phi) is 3.12. The highest BCUT2D eigenvalue weighted by molar-refractivity contribution is 5.92. The fourth-order valence-electron chi connectivity index (χ4n) is 2.22. The van der Waals surface area contributed by atoms with Gasteiger partial charge in [0.15, 0.2) is 0 Å². The number of carbonyl (C=O) groups excluding carboxylic acids is 1. The maximum atomic E-state index is 11.5. The van der Waals surface area contributed by atoms with Crippen LogP contribution in [0.4, 0.5) is 0 Å². The molecule has 1 aliphatic carbocycles. The zero-order valence-electron chi connectivity index (χ0n) is 9.09. The maximum absolute atomic E-state index is 11.5. The summed E-state index contributed by atoms with van der Waals surface area (Å²) in [5.74, 6) is 0.392. The molecular weight excluding hydrogens is 164 g/mol. The van der Waals surface area contributed by atoms with Crippen molar-refractivity contribution in [3.63, 3.8) is 0 Å². The Hall–Kier alpha value is -0.370. The molecule has 1 unspecified atom stereocenters. The summed E-state index contributed by atoms with van der Waals surface area (Å²) in [5.41, 5.74) is -0.149. The largest absolute Gasteiger partial charge is 0.374 e. The first kappa shape index (κ1) is 10.7. The zero-order valence-corrected chi connectivity index (χ0v) is 9.09. The summed E-state index contributed by atoms with van der Waals surface area (Å²) in [5, 5.41) is 0. The second-order valence-corrected chi connectivity index (χ2v) is 4.16. The molecule has 1 atom stereocenters. The van der Waals surface area contributed by atoms with E-state index >= 15 is 0 Å². The normalized spacial score (nSPS) is 26.2. The van der Waals surface area contributed by atoms with Gasteiger partial charge < -0.3 is 4.74 Å². The Labute approximate surface area is 80.7 Å². The average molecular weight is 184 g/mol. The first-order valence-corrected chi connectivity index (χ1v) is 5.25. The molecule has 0 spiro atoms. The zero-order chi connectivity index (χ0) is 10.1. The Morgan fingerprint density at radius 2 is 2.00 bits per heavy atom. The van der Waals surface area contributed by atoms with Crippen molar-refractivity contribution in [1.82, 2.24) is 0 Å². The third-order valence-electron chi connectivity index (χ3n) is 3.24. The van der Waals surface area contributed by atoms with Crippen LogP contribution in [0.2, 0.25) is 0 Å². The van der Waals surface area contributed by atoms with E-state index in [0.29, 0.717) is 12.2 Å². The van der Waals surface area contributed by atoms with Crippen LogP contribution in [0.5, 0.6) is 0 Å². The van der Waals surface area contributed by atoms with Gasteiger partial charge in [0, 0.05) is 6.42 Å². The molecule has 0 aromatic heterocycles. The Morgan fingerprint density at radius 1 is 1.46 bits per heavy atom. The van der Waals surface area contributed by atoms with Crippen LogP contribution in [0, 0.1) is 5.41 Å². The van der Waals surface area contributed by atoms with Gasteiger partial charge in [-0.1, -0.05) is 13.8 Å². The number of hydrogen-bond acceptors (Lipinski definition) is 2. The second kappa shape index (κ2) is 3.79. The summed E-state index contributed by atoms with van der Waals surface area (Å²) in [7, 11) is 0. The van der Waals surface area contributed by atoms with Gasteiger partial charge in [-0.25, -0.2) is 0 Å². The van der Waals surface area contributed by atoms with E-state index in [0.717, 1.165) is 12.8 Å². The molecule has 1 fully saturated rings. The molecular formula is C11H20O2. The lowest BCUT2D eigenvalue weighted by atomic mass is 9.61. The van der Waals surface area contributed by atoms with Gasteiger partial charge in [-0.05, 0) is 26.7 Å². The molecule has 76 valence electrons. The molecule has 0 aromatic carbocycles. The summed E-state index contributed by atoms with van der Waals surface area (Å²) in [6, 6.07) is 0. The van der Waals surface area contributed by atoms with Crippen molar-refractivity contribution in [3.05, 3.63) is 0 Å². The van der Waals surface area contributed by atoms with Gasteiger partial charge in [-0.15, -0.1) is 0 Å². The average Bonchev–Trinajstić information content (AvgIpc) is 2.05. The highest BCUT2D eigenvalue weighted by Gasteiger charge is 2.53. The third-order valence-corrected chi connectivity index (χ3v) is 3.24. The number of carbonyl (C=O) groups is 1. The third kappa shape index (κ3) is 1.64. The SMILES string of the molecule is CCC1(CC)C(=O)CC1OC(C)C. The van der Waals surface area contributed by atoms with E-state index in [1.807, 2.05) is 13.8 Å². The lowest BCUT2D eigenvalue weighted by Gasteiger charge is -2.47.